The van der Waals surface area contributed by atoms with Crippen molar-refractivity contribution in [2.75, 3.05) is 24.7 Å². The molecular formula is C20H25N9O9P2S3. The number of fused-ring (bicyclic) bond motifs is 2. The minimum Gasteiger partial charge on any atom is -0.382 e. The van der Waals surface area contributed by atoms with E-state index in [1.54, 1.807) is 10.9 Å². The summed E-state index contributed by atoms with van der Waals surface area (Å²) < 4.78 is 45.0. The Hall–Kier alpha value is -2.13. The van der Waals surface area contributed by atoms with E-state index in [1.807, 2.05) is 0 Å². The van der Waals surface area contributed by atoms with E-state index in [-0.39, 0.29) is 30.3 Å². The number of hydrogen-bond donors (Lipinski definition) is 5. The number of thiol groups is 1. The maximum Gasteiger partial charge on any atom is 0.386 e. The normalized spacial score (nSPS) is 26.0. The van der Waals surface area contributed by atoms with Crippen LogP contribution in [-0.4, -0.2) is 75.4 Å². The summed E-state index contributed by atoms with van der Waals surface area (Å²) >= 11 is 9.51. The Balaban J connectivity index is 1.13. The van der Waals surface area contributed by atoms with Crippen LogP contribution in [-0.2, 0) is 39.4 Å². The highest BCUT2D eigenvalue weighted by Gasteiger charge is 2.43. The average molecular weight is 694 g/mol. The first-order valence-electron chi connectivity index (χ1n) is 12.6. The number of ether oxygens (including phenoxy) is 2. The molecule has 18 nitrogen and oxygen atoms in total. The van der Waals surface area contributed by atoms with E-state index in [1.165, 1.54) is 17.2 Å². The smallest absolute Gasteiger partial charge is 0.382 e. The molecule has 0 bridgehead atoms. The van der Waals surface area contributed by atoms with Crippen molar-refractivity contribution in [2.45, 2.75) is 50.0 Å². The Bertz CT molecular complexity index is 1820. The molecular weight excluding hydrogens is 668 g/mol. The van der Waals surface area contributed by atoms with Crippen molar-refractivity contribution in [1.82, 2.24) is 34.1 Å². The molecule has 0 amide bonds. The molecule has 23 heteroatoms. The second-order valence-electron chi connectivity index (χ2n) is 9.58. The van der Waals surface area contributed by atoms with Crippen LogP contribution in [0, 0.1) is 0 Å². The molecule has 2 fully saturated rings. The van der Waals surface area contributed by atoms with Gasteiger partial charge in [-0.15, -0.1) is 0 Å². The van der Waals surface area contributed by atoms with E-state index in [9.17, 15) is 19.1 Å². The predicted molar refractivity (Wildman–Crippen MR) is 160 cm³/mol. The third-order valence-electron chi connectivity index (χ3n) is 6.78. The number of nitrogens with zero attached hydrogens (tertiary/aromatic N) is 7. The Morgan fingerprint density at radius 3 is 2.56 bits per heavy atom. The molecule has 2 aliphatic heterocycles. The van der Waals surface area contributed by atoms with E-state index in [0.29, 0.717) is 28.7 Å². The Morgan fingerprint density at radius 2 is 1.79 bits per heavy atom. The lowest BCUT2D eigenvalue weighted by atomic mass is 10.2. The predicted octanol–water partition coefficient (Wildman–Crippen LogP) is 1.49. The zero-order valence-corrected chi connectivity index (χ0v) is 26.2. The Morgan fingerprint density at radius 1 is 1.05 bits per heavy atom. The first-order valence-corrected chi connectivity index (χ1v) is 18.7. The quantitative estimate of drug-likeness (QED) is 0.117. The number of hydrogen-bond acceptors (Lipinski definition) is 16. The van der Waals surface area contributed by atoms with Gasteiger partial charge in [0.2, 0.25) is 0 Å². The van der Waals surface area contributed by atoms with Crippen LogP contribution in [0.15, 0.2) is 23.8 Å². The highest BCUT2D eigenvalue weighted by atomic mass is 32.7. The van der Waals surface area contributed by atoms with Gasteiger partial charge in [-0.1, -0.05) is 23.6 Å². The molecule has 2 aliphatic rings. The van der Waals surface area contributed by atoms with Crippen molar-refractivity contribution in [2.24, 2.45) is 0 Å². The van der Waals surface area contributed by atoms with Gasteiger partial charge in [-0.3, -0.25) is 23.0 Å². The molecule has 0 aliphatic carbocycles. The number of imidazole rings is 1. The summed E-state index contributed by atoms with van der Waals surface area (Å²) in [4.78, 5) is 52.0. The number of nitrogens with two attached hydrogens (primary N) is 2. The lowest BCUT2D eigenvalue weighted by Gasteiger charge is -2.23. The molecule has 6 atom stereocenters. The van der Waals surface area contributed by atoms with Crippen molar-refractivity contribution in [3.63, 3.8) is 0 Å². The molecule has 6 N–H and O–H groups in total. The molecule has 43 heavy (non-hydrogen) atoms. The fourth-order valence-electron chi connectivity index (χ4n) is 4.89. The number of anilines is 2. The van der Waals surface area contributed by atoms with Crippen molar-refractivity contribution in [3.05, 3.63) is 28.6 Å². The molecule has 4 aromatic rings. The SMILES string of the molecule is Nc1ncnc2c1ncn2[C@H]1CCC(COP(=O)(S)OC2C[C@H](n3c(=O)sc4c(N)ncnc43)OC2COP(O)(O)=S)O1. The first-order chi connectivity index (χ1) is 20.4. The third kappa shape index (κ3) is 6.63. The number of aromatic nitrogens is 7. The minimum atomic E-state index is -4.07. The largest absolute Gasteiger partial charge is 0.386 e. The summed E-state index contributed by atoms with van der Waals surface area (Å²) in [6.45, 7) is -8.66. The van der Waals surface area contributed by atoms with E-state index >= 15 is 0 Å². The second kappa shape index (κ2) is 12.0. The molecule has 0 radical (unpaired) electrons. The summed E-state index contributed by atoms with van der Waals surface area (Å²) in [6, 6.07) is 0. The highest BCUT2D eigenvalue weighted by Crippen LogP contribution is 2.57. The van der Waals surface area contributed by atoms with Crippen LogP contribution >= 0.6 is 37.1 Å². The lowest BCUT2D eigenvalue weighted by molar-refractivity contribution is -0.0404. The van der Waals surface area contributed by atoms with Crippen molar-refractivity contribution < 1.29 is 37.4 Å². The van der Waals surface area contributed by atoms with E-state index < -0.39 is 55.8 Å². The number of rotatable bonds is 10. The van der Waals surface area contributed by atoms with Crippen LogP contribution < -0.4 is 16.3 Å². The van der Waals surface area contributed by atoms with Gasteiger partial charge in [0.25, 0.3) is 0 Å². The minimum absolute atomic E-state index is 0.0159. The fraction of sp³-hybridized carbons (Fsp3) is 0.500. The Kier molecular flexibility index (Phi) is 8.61. The molecule has 4 aromatic heterocycles. The van der Waals surface area contributed by atoms with Crippen LogP contribution in [0.3, 0.4) is 0 Å². The lowest BCUT2D eigenvalue weighted by Crippen LogP contribution is -2.28. The van der Waals surface area contributed by atoms with Crippen LogP contribution in [0.25, 0.3) is 21.5 Å². The second-order valence-corrected chi connectivity index (χ2v) is 16.1. The molecule has 0 spiro atoms. The molecule has 6 heterocycles. The molecule has 0 aromatic carbocycles. The summed E-state index contributed by atoms with van der Waals surface area (Å²) in [5.41, 5.74) is 13.0. The van der Waals surface area contributed by atoms with Gasteiger partial charge in [0, 0.05) is 6.42 Å². The summed E-state index contributed by atoms with van der Waals surface area (Å²) in [7, 11) is 0. The molecule has 0 saturated carbocycles. The highest BCUT2D eigenvalue weighted by molar-refractivity contribution is 8.44. The van der Waals surface area contributed by atoms with Crippen LogP contribution in [0.5, 0.6) is 0 Å². The van der Waals surface area contributed by atoms with Gasteiger partial charge in [-0.05, 0) is 24.6 Å². The summed E-state index contributed by atoms with van der Waals surface area (Å²) in [6.07, 6.45) is 1.40. The molecule has 4 unspecified atom stereocenters. The maximum atomic E-state index is 13.3. The third-order valence-corrected chi connectivity index (χ3v) is 10.2. The standard InChI is InChI=1S/C20H25N9O9P2S3/c21-16-14-18(25-6-23-16)28(8-27-14)12-2-1-9(36-12)4-35-40(33,42)38-10-3-13(37-11(10)5-34-39(31,32)41)29-19-15(43-20(29)30)17(22)24-7-26-19/h6-13H,1-5H2,(H,33,42)(H2,21,23,25)(H2,22,24,26)(H2,31,32,41)/t9?,10?,11?,12-,13-,40?/m1/s1. The van der Waals surface area contributed by atoms with E-state index in [4.69, 9.17) is 34.5 Å². The fourth-order valence-corrected chi connectivity index (χ4v) is 7.83. The molecule has 232 valence electrons. The van der Waals surface area contributed by atoms with Crippen molar-refractivity contribution >= 4 is 82.1 Å². The maximum absolute atomic E-state index is 13.3. The topological polar surface area (TPSA) is 247 Å². The van der Waals surface area contributed by atoms with Gasteiger partial charge in [0.1, 0.15) is 53.4 Å². The first kappa shape index (κ1) is 30.9. The van der Waals surface area contributed by atoms with Gasteiger partial charge >= 0.3 is 18.4 Å². The Labute approximate surface area is 256 Å². The van der Waals surface area contributed by atoms with Crippen LogP contribution in [0.1, 0.15) is 31.7 Å². The van der Waals surface area contributed by atoms with Gasteiger partial charge in [-0.2, -0.15) is 0 Å². The van der Waals surface area contributed by atoms with E-state index in [0.717, 1.165) is 11.3 Å². The van der Waals surface area contributed by atoms with Crippen molar-refractivity contribution in [1.29, 1.82) is 0 Å². The molecule has 2 saturated heterocycles. The zero-order chi connectivity index (χ0) is 30.5. The zero-order valence-electron chi connectivity index (χ0n) is 21.8. The van der Waals surface area contributed by atoms with Gasteiger partial charge in [0.15, 0.2) is 17.1 Å². The summed E-state index contributed by atoms with van der Waals surface area (Å²) in [5, 5.41) is 0. The monoisotopic (exact) mass is 693 g/mol. The van der Waals surface area contributed by atoms with Gasteiger partial charge < -0.3 is 35.3 Å². The summed E-state index contributed by atoms with van der Waals surface area (Å²) in [5.74, 6) is 0.380. The van der Waals surface area contributed by atoms with E-state index in [2.05, 4.69) is 49.0 Å². The van der Waals surface area contributed by atoms with Crippen LogP contribution in [0.4, 0.5) is 11.6 Å². The average Bonchev–Trinajstić information content (AvgIpc) is 3.71. The van der Waals surface area contributed by atoms with Crippen LogP contribution in [0.2, 0.25) is 0 Å². The van der Waals surface area contributed by atoms with Gasteiger partial charge in [-0.25, -0.2) is 29.5 Å². The number of nitrogen functional groups attached to an aromatic ring is 2. The number of thiazole rings is 1. The van der Waals surface area contributed by atoms with Gasteiger partial charge in [0.05, 0.1) is 25.6 Å². The molecule has 6 rings (SSSR count). The van der Waals surface area contributed by atoms with Crippen molar-refractivity contribution in [3.8, 4) is 0 Å².